The average molecular weight is 372 g/mol. The summed E-state index contributed by atoms with van der Waals surface area (Å²) in [6.07, 6.45) is 0. The van der Waals surface area contributed by atoms with Gasteiger partial charge in [0.15, 0.2) is 0 Å². The molecule has 1 saturated heterocycles. The Bertz CT molecular complexity index is 729. The first-order chi connectivity index (χ1) is 11.7. The molecule has 1 heterocycles. The Morgan fingerprint density at radius 2 is 1.96 bits per heavy atom. The summed E-state index contributed by atoms with van der Waals surface area (Å²) in [6, 6.07) is 3.84. The zero-order valence-corrected chi connectivity index (χ0v) is 15.4. The van der Waals surface area contributed by atoms with Crippen LogP contribution in [0.1, 0.15) is 13.8 Å². The van der Waals surface area contributed by atoms with Crippen LogP contribution in [0.4, 0.5) is 11.4 Å². The average Bonchev–Trinajstić information content (AvgIpc) is 2.60. The van der Waals surface area contributed by atoms with Crippen molar-refractivity contribution in [3.8, 4) is 0 Å². The van der Waals surface area contributed by atoms with Crippen LogP contribution >= 0.6 is 0 Å². The molecule has 0 bridgehead atoms. The number of nitro benzene ring substituents is 1. The van der Waals surface area contributed by atoms with Gasteiger partial charge in [0.05, 0.1) is 23.0 Å². The molecular weight excluding hydrogens is 348 g/mol. The molecule has 0 spiro atoms. The van der Waals surface area contributed by atoms with Crippen molar-refractivity contribution in [3.63, 3.8) is 0 Å². The minimum Gasteiger partial charge on any atom is -0.379 e. The van der Waals surface area contributed by atoms with E-state index in [9.17, 15) is 18.5 Å². The summed E-state index contributed by atoms with van der Waals surface area (Å²) in [5.41, 5.74) is -0.205. The zero-order chi connectivity index (χ0) is 18.7. The second kappa shape index (κ2) is 7.65. The van der Waals surface area contributed by atoms with Crippen LogP contribution in [0.2, 0.25) is 0 Å². The molecule has 0 aromatic heterocycles. The van der Waals surface area contributed by atoms with Gasteiger partial charge in [-0.3, -0.25) is 15.0 Å². The van der Waals surface area contributed by atoms with E-state index in [0.717, 1.165) is 19.2 Å². The first-order valence-corrected chi connectivity index (χ1v) is 9.44. The maximum atomic E-state index is 11.8. The topological polar surface area (TPSA) is 114 Å². The fraction of sp³-hybridized carbons (Fsp3) is 0.600. The van der Waals surface area contributed by atoms with Crippen molar-refractivity contribution in [1.29, 1.82) is 0 Å². The van der Waals surface area contributed by atoms with Crippen LogP contribution in [-0.2, 0) is 14.8 Å². The minimum atomic E-state index is -3.74. The molecule has 2 rings (SSSR count). The van der Waals surface area contributed by atoms with Gasteiger partial charge in [0.25, 0.3) is 5.69 Å². The second-order valence-corrected chi connectivity index (χ2v) is 8.30. The van der Waals surface area contributed by atoms with E-state index >= 15 is 0 Å². The Labute approximate surface area is 147 Å². The van der Waals surface area contributed by atoms with Crippen molar-refractivity contribution in [1.82, 2.24) is 9.62 Å². The summed E-state index contributed by atoms with van der Waals surface area (Å²) >= 11 is 0. The van der Waals surface area contributed by atoms with Gasteiger partial charge in [-0.05, 0) is 33.0 Å². The molecule has 1 aromatic rings. The maximum absolute atomic E-state index is 11.8. The molecule has 1 aromatic carbocycles. The van der Waals surface area contributed by atoms with Crippen molar-refractivity contribution in [3.05, 3.63) is 28.3 Å². The predicted molar refractivity (Wildman–Crippen MR) is 94.3 cm³/mol. The molecule has 0 amide bonds. The van der Waals surface area contributed by atoms with Gasteiger partial charge in [-0.1, -0.05) is 0 Å². The lowest BCUT2D eigenvalue weighted by Gasteiger charge is -2.41. The largest absolute Gasteiger partial charge is 0.379 e. The minimum absolute atomic E-state index is 0.139. The standard InChI is InChI=1S/C15H24N4O5S/c1-15(2,18-6-8-24-9-7-18)11-17-13-5-4-12(25(22,23)16-3)10-14(13)19(20)21/h4-5,10,16-17H,6-9,11H2,1-3H3. The van der Waals surface area contributed by atoms with Gasteiger partial charge >= 0.3 is 0 Å². The van der Waals surface area contributed by atoms with Gasteiger partial charge in [-0.25, -0.2) is 13.1 Å². The van der Waals surface area contributed by atoms with E-state index in [-0.39, 0.29) is 16.1 Å². The third-order valence-corrected chi connectivity index (χ3v) is 5.74. The molecule has 0 atom stereocenters. The number of nitro groups is 1. The summed E-state index contributed by atoms with van der Waals surface area (Å²) < 4.78 is 31.2. The quantitative estimate of drug-likeness (QED) is 0.543. The summed E-state index contributed by atoms with van der Waals surface area (Å²) in [6.45, 7) is 7.52. The number of hydrogen-bond acceptors (Lipinski definition) is 7. The summed E-state index contributed by atoms with van der Waals surface area (Å²) in [4.78, 5) is 12.9. The fourth-order valence-corrected chi connectivity index (χ4v) is 3.44. The predicted octanol–water partition coefficient (Wildman–Crippen LogP) is 1.03. The Hall–Kier alpha value is -1.75. The lowest BCUT2D eigenvalue weighted by Crippen LogP contribution is -2.53. The molecule has 1 fully saturated rings. The number of rotatable bonds is 7. The molecule has 0 unspecified atom stereocenters. The molecule has 2 N–H and O–H groups in total. The molecule has 0 aliphatic carbocycles. The lowest BCUT2D eigenvalue weighted by molar-refractivity contribution is -0.384. The number of nitrogens with zero attached hydrogens (tertiary/aromatic N) is 2. The summed E-state index contributed by atoms with van der Waals surface area (Å²) in [5.74, 6) is 0. The van der Waals surface area contributed by atoms with Gasteiger partial charge < -0.3 is 10.1 Å². The molecule has 10 heteroatoms. The summed E-state index contributed by atoms with van der Waals surface area (Å²) in [5, 5.41) is 14.4. The lowest BCUT2D eigenvalue weighted by atomic mass is 10.0. The van der Waals surface area contributed by atoms with Gasteiger partial charge in [0, 0.05) is 31.2 Å². The SMILES string of the molecule is CNS(=O)(=O)c1ccc(NCC(C)(C)N2CCOCC2)c([N+](=O)[O-])c1. The number of ether oxygens (including phenoxy) is 1. The Kier molecular flexibility index (Phi) is 5.99. The number of hydrogen-bond donors (Lipinski definition) is 2. The van der Waals surface area contributed by atoms with Gasteiger partial charge in [-0.2, -0.15) is 0 Å². The van der Waals surface area contributed by atoms with E-state index in [0.29, 0.717) is 25.4 Å². The van der Waals surface area contributed by atoms with E-state index in [4.69, 9.17) is 4.74 Å². The highest BCUT2D eigenvalue weighted by atomic mass is 32.2. The Morgan fingerprint density at radius 1 is 1.32 bits per heavy atom. The molecule has 0 saturated carbocycles. The van der Waals surface area contributed by atoms with Crippen LogP contribution in [0.25, 0.3) is 0 Å². The van der Waals surface area contributed by atoms with Gasteiger partial charge in [0.1, 0.15) is 5.69 Å². The van der Waals surface area contributed by atoms with E-state index in [1.165, 1.54) is 19.2 Å². The van der Waals surface area contributed by atoms with Crippen molar-refractivity contribution in [2.75, 3.05) is 45.2 Å². The van der Waals surface area contributed by atoms with E-state index in [1.807, 2.05) is 0 Å². The van der Waals surface area contributed by atoms with Crippen LogP contribution in [0.15, 0.2) is 23.1 Å². The van der Waals surface area contributed by atoms with Crippen molar-refractivity contribution < 1.29 is 18.1 Å². The highest BCUT2D eigenvalue weighted by Crippen LogP contribution is 2.28. The number of sulfonamides is 1. The molecule has 0 radical (unpaired) electrons. The van der Waals surface area contributed by atoms with E-state index in [1.54, 1.807) is 0 Å². The van der Waals surface area contributed by atoms with Crippen molar-refractivity contribution in [2.45, 2.75) is 24.3 Å². The molecule has 9 nitrogen and oxygen atoms in total. The maximum Gasteiger partial charge on any atom is 0.293 e. The Balaban J connectivity index is 2.20. The zero-order valence-electron chi connectivity index (χ0n) is 14.6. The number of benzene rings is 1. The molecular formula is C15H24N4O5S. The third-order valence-electron chi connectivity index (χ3n) is 4.32. The molecule has 1 aliphatic rings. The van der Waals surface area contributed by atoms with Crippen molar-refractivity contribution in [2.24, 2.45) is 0 Å². The molecule has 1 aliphatic heterocycles. The van der Waals surface area contributed by atoms with Crippen molar-refractivity contribution >= 4 is 21.4 Å². The number of morpholine rings is 1. The summed E-state index contributed by atoms with van der Waals surface area (Å²) in [7, 11) is -2.47. The number of anilines is 1. The second-order valence-electron chi connectivity index (χ2n) is 6.41. The third kappa shape index (κ3) is 4.66. The first-order valence-electron chi connectivity index (χ1n) is 7.96. The monoisotopic (exact) mass is 372 g/mol. The van der Waals surface area contributed by atoms with Gasteiger partial charge in [-0.15, -0.1) is 0 Å². The molecule has 140 valence electrons. The Morgan fingerprint density at radius 3 is 2.52 bits per heavy atom. The van der Waals surface area contributed by atoms with Crippen LogP contribution in [0.3, 0.4) is 0 Å². The van der Waals surface area contributed by atoms with Crippen LogP contribution < -0.4 is 10.0 Å². The van der Waals surface area contributed by atoms with E-state index < -0.39 is 14.9 Å². The number of nitrogens with one attached hydrogen (secondary N) is 2. The van der Waals surface area contributed by atoms with E-state index in [2.05, 4.69) is 28.8 Å². The van der Waals surface area contributed by atoms with Crippen LogP contribution in [0.5, 0.6) is 0 Å². The van der Waals surface area contributed by atoms with Gasteiger partial charge in [0.2, 0.25) is 10.0 Å². The normalized spacial score (nSPS) is 16.6. The highest BCUT2D eigenvalue weighted by Gasteiger charge is 2.29. The smallest absolute Gasteiger partial charge is 0.293 e. The van der Waals surface area contributed by atoms with Crippen LogP contribution in [-0.4, -0.2) is 63.7 Å². The van der Waals surface area contributed by atoms with Crippen LogP contribution in [0, 0.1) is 10.1 Å². The highest BCUT2D eigenvalue weighted by molar-refractivity contribution is 7.89. The first kappa shape index (κ1) is 19.6. The molecule has 25 heavy (non-hydrogen) atoms. The fourth-order valence-electron chi connectivity index (χ4n) is 2.69.